The minimum absolute atomic E-state index is 0.00341. The van der Waals surface area contributed by atoms with Crippen molar-refractivity contribution in [3.05, 3.63) is 30.6 Å². The second-order valence-electron chi connectivity index (χ2n) is 10.0. The molecule has 1 aliphatic heterocycles. The fourth-order valence-corrected chi connectivity index (χ4v) is 5.05. The van der Waals surface area contributed by atoms with Crippen molar-refractivity contribution in [1.29, 1.82) is 0 Å². The number of H-pyrrole nitrogens is 1. The van der Waals surface area contributed by atoms with Gasteiger partial charge in [0.25, 0.3) is 0 Å². The highest BCUT2D eigenvalue weighted by molar-refractivity contribution is 5.93. The Morgan fingerprint density at radius 2 is 1.90 bits per heavy atom. The zero-order valence-corrected chi connectivity index (χ0v) is 18.6. The molecule has 7 heteroatoms. The molecule has 3 fully saturated rings. The molecular formula is C24H30N6O. The number of fused-ring (bicyclic) bond motifs is 1. The third-order valence-electron chi connectivity index (χ3n) is 7.23. The second kappa shape index (κ2) is 6.66. The average molecular weight is 419 g/mol. The quantitative estimate of drug-likeness (QED) is 0.675. The van der Waals surface area contributed by atoms with Crippen LogP contribution >= 0.6 is 0 Å². The molecule has 3 heterocycles. The number of piperazine rings is 1. The van der Waals surface area contributed by atoms with Gasteiger partial charge < -0.3 is 9.64 Å². The molecule has 1 aromatic carbocycles. The lowest BCUT2D eigenvalue weighted by Crippen LogP contribution is -2.57. The normalized spacial score (nSPS) is 21.7. The molecule has 1 saturated heterocycles. The number of hydrogen-bond donors (Lipinski definition) is 1. The maximum Gasteiger partial charge on any atom is 0.132 e. The smallest absolute Gasteiger partial charge is 0.132 e. The largest absolute Gasteiger partial charge is 0.488 e. The van der Waals surface area contributed by atoms with Crippen molar-refractivity contribution in [2.24, 2.45) is 0 Å². The van der Waals surface area contributed by atoms with Gasteiger partial charge in [-0.3, -0.25) is 10.00 Å². The predicted octanol–water partition coefficient (Wildman–Crippen LogP) is 4.01. The topological polar surface area (TPSA) is 70.2 Å². The monoisotopic (exact) mass is 418 g/mol. The van der Waals surface area contributed by atoms with Gasteiger partial charge in [0.2, 0.25) is 0 Å². The minimum atomic E-state index is -0.00341. The van der Waals surface area contributed by atoms with E-state index in [2.05, 4.69) is 62.9 Å². The first-order chi connectivity index (χ1) is 14.9. The van der Waals surface area contributed by atoms with Gasteiger partial charge in [-0.1, -0.05) is 0 Å². The first kappa shape index (κ1) is 19.0. The summed E-state index contributed by atoms with van der Waals surface area (Å²) in [5.41, 5.74) is 3.03. The predicted molar refractivity (Wildman–Crippen MR) is 121 cm³/mol. The van der Waals surface area contributed by atoms with Gasteiger partial charge >= 0.3 is 0 Å². The molecule has 3 aromatic rings. The zero-order chi connectivity index (χ0) is 21.2. The van der Waals surface area contributed by atoms with E-state index in [9.17, 15) is 0 Å². The summed E-state index contributed by atoms with van der Waals surface area (Å²) in [6.45, 7) is 9.90. The summed E-state index contributed by atoms with van der Waals surface area (Å²) in [6.07, 6.45) is 6.47. The van der Waals surface area contributed by atoms with Crippen molar-refractivity contribution < 1.29 is 4.74 Å². The van der Waals surface area contributed by atoms with E-state index < -0.39 is 0 Å². The van der Waals surface area contributed by atoms with E-state index in [1.165, 1.54) is 12.8 Å². The molecule has 3 aliphatic rings. The summed E-state index contributed by atoms with van der Waals surface area (Å²) in [5.74, 6) is 1.89. The number of nitrogens with one attached hydrogen (secondary N) is 1. The first-order valence-electron chi connectivity index (χ1n) is 11.5. The Bertz CT molecular complexity index is 1130. The summed E-state index contributed by atoms with van der Waals surface area (Å²) in [6, 6.07) is 8.82. The van der Waals surface area contributed by atoms with Crippen molar-refractivity contribution in [2.75, 3.05) is 24.5 Å². The molecule has 2 aliphatic carbocycles. The van der Waals surface area contributed by atoms with Crippen LogP contribution in [-0.4, -0.2) is 61.9 Å². The molecule has 0 unspecified atom stereocenters. The third-order valence-corrected chi connectivity index (χ3v) is 7.23. The number of nitrogens with zero attached hydrogens (tertiary/aromatic N) is 5. The first-order valence-corrected chi connectivity index (χ1v) is 11.5. The lowest BCUT2D eigenvalue weighted by molar-refractivity contribution is 0.119. The lowest BCUT2D eigenvalue weighted by Gasteiger charge is -2.44. The van der Waals surface area contributed by atoms with E-state index in [0.717, 1.165) is 66.3 Å². The zero-order valence-electron chi connectivity index (χ0n) is 18.6. The van der Waals surface area contributed by atoms with Crippen molar-refractivity contribution >= 4 is 16.7 Å². The molecule has 0 bridgehead atoms. The second-order valence-corrected chi connectivity index (χ2v) is 10.0. The summed E-state index contributed by atoms with van der Waals surface area (Å²) in [7, 11) is 0. The maximum absolute atomic E-state index is 6.17. The van der Waals surface area contributed by atoms with Gasteiger partial charge in [-0.25, -0.2) is 9.97 Å². The number of aromatic amines is 1. The van der Waals surface area contributed by atoms with Crippen molar-refractivity contribution in [3.8, 4) is 17.1 Å². The molecule has 6 rings (SSSR count). The molecule has 2 saturated carbocycles. The third kappa shape index (κ3) is 3.35. The Labute approximate surface area is 182 Å². The van der Waals surface area contributed by atoms with Crippen LogP contribution in [0.4, 0.5) is 5.82 Å². The summed E-state index contributed by atoms with van der Waals surface area (Å²) in [4.78, 5) is 14.3. The van der Waals surface area contributed by atoms with Gasteiger partial charge in [0, 0.05) is 42.7 Å². The van der Waals surface area contributed by atoms with E-state index in [1.54, 1.807) is 6.33 Å². The molecule has 0 atom stereocenters. The number of rotatable bonds is 5. The highest BCUT2D eigenvalue weighted by Gasteiger charge is 2.52. The molecule has 1 N–H and O–H groups in total. The van der Waals surface area contributed by atoms with Crippen molar-refractivity contribution in [2.45, 2.75) is 63.6 Å². The Morgan fingerprint density at radius 1 is 1.06 bits per heavy atom. The van der Waals surface area contributed by atoms with Crippen LogP contribution in [-0.2, 0) is 0 Å². The van der Waals surface area contributed by atoms with Crippen LogP contribution in [0.3, 0.4) is 0 Å². The molecule has 31 heavy (non-hydrogen) atoms. The van der Waals surface area contributed by atoms with E-state index in [0.29, 0.717) is 11.6 Å². The van der Waals surface area contributed by atoms with Crippen LogP contribution in [0.2, 0.25) is 0 Å². The average Bonchev–Trinajstić information content (AvgIpc) is 3.65. The number of hydrogen-bond acceptors (Lipinski definition) is 6. The maximum atomic E-state index is 6.17. The number of ether oxygens (including phenoxy) is 1. The van der Waals surface area contributed by atoms with E-state index in [1.807, 2.05) is 12.1 Å². The molecule has 0 radical (unpaired) electrons. The van der Waals surface area contributed by atoms with Crippen LogP contribution < -0.4 is 9.64 Å². The summed E-state index contributed by atoms with van der Waals surface area (Å²) in [5, 5.41) is 8.77. The molecule has 1 spiro atoms. The number of aromatic nitrogens is 4. The lowest BCUT2D eigenvalue weighted by atomic mass is 10.1. The van der Waals surface area contributed by atoms with Gasteiger partial charge in [0.05, 0.1) is 11.2 Å². The Morgan fingerprint density at radius 3 is 2.65 bits per heavy atom. The SMILES string of the molecule is CC(C)N1CCN(c2cc(-c3n[nH]c4ccc(OC5(C)CC5)cc34)ncn2)CC12CC2. The fourth-order valence-electron chi connectivity index (χ4n) is 5.05. The van der Waals surface area contributed by atoms with Crippen LogP contribution in [0.25, 0.3) is 22.3 Å². The Hall–Kier alpha value is -2.67. The van der Waals surface area contributed by atoms with Gasteiger partial charge in [0.1, 0.15) is 29.2 Å². The summed E-state index contributed by atoms with van der Waals surface area (Å²) < 4.78 is 6.17. The van der Waals surface area contributed by atoms with E-state index >= 15 is 0 Å². The van der Waals surface area contributed by atoms with Gasteiger partial charge in [0.15, 0.2) is 0 Å². The van der Waals surface area contributed by atoms with Crippen molar-refractivity contribution in [3.63, 3.8) is 0 Å². The molecular weight excluding hydrogens is 388 g/mol. The fraction of sp³-hybridized carbons (Fsp3) is 0.542. The van der Waals surface area contributed by atoms with Crippen LogP contribution in [0, 0.1) is 0 Å². The van der Waals surface area contributed by atoms with Gasteiger partial charge in [-0.15, -0.1) is 0 Å². The van der Waals surface area contributed by atoms with Crippen LogP contribution in [0.1, 0.15) is 46.5 Å². The number of benzene rings is 1. The molecule has 0 amide bonds. The molecule has 7 nitrogen and oxygen atoms in total. The van der Waals surface area contributed by atoms with Crippen molar-refractivity contribution in [1.82, 2.24) is 25.1 Å². The molecule has 2 aromatic heterocycles. The molecule has 162 valence electrons. The van der Waals surface area contributed by atoms with Gasteiger partial charge in [-0.2, -0.15) is 5.10 Å². The Kier molecular flexibility index (Phi) is 4.09. The van der Waals surface area contributed by atoms with Crippen LogP contribution in [0.5, 0.6) is 5.75 Å². The number of anilines is 1. The Balaban J connectivity index is 1.30. The minimum Gasteiger partial charge on any atom is -0.488 e. The van der Waals surface area contributed by atoms with Gasteiger partial charge in [-0.05, 0) is 64.7 Å². The summed E-state index contributed by atoms with van der Waals surface area (Å²) >= 11 is 0. The van der Waals surface area contributed by atoms with Crippen LogP contribution in [0.15, 0.2) is 30.6 Å². The highest BCUT2D eigenvalue weighted by atomic mass is 16.5. The van der Waals surface area contributed by atoms with E-state index in [4.69, 9.17) is 4.74 Å². The van der Waals surface area contributed by atoms with E-state index in [-0.39, 0.29) is 5.60 Å². The highest BCUT2D eigenvalue weighted by Crippen LogP contribution is 2.46. The standard InChI is InChI=1S/C24H30N6O/c1-16(2)30-11-10-29(14-24(30)8-9-24)21-13-20(25-15-26-21)22-18-12-17(31-23(3)6-7-23)4-5-19(18)27-28-22/h4-5,12-13,15-16H,6-11,14H2,1-3H3,(H,27,28).